The molecule has 0 atom stereocenters. The first kappa shape index (κ1) is 10.4. The monoisotopic (exact) mass is 338 g/mol. The quantitative estimate of drug-likeness (QED) is 0.616. The van der Waals surface area contributed by atoms with Gasteiger partial charge in [0.25, 0.3) is 0 Å². The lowest BCUT2D eigenvalue weighted by atomic mass is 10.4. The molecule has 2 rings (SSSR count). The summed E-state index contributed by atoms with van der Waals surface area (Å²) in [7, 11) is 0. The van der Waals surface area contributed by atoms with Gasteiger partial charge in [-0.1, -0.05) is 0 Å². The molecule has 2 nitrogen and oxygen atoms in total. The van der Waals surface area contributed by atoms with Crippen LogP contribution in [-0.4, -0.2) is 12.6 Å². The van der Waals surface area contributed by atoms with Crippen LogP contribution < -0.4 is 0 Å². The van der Waals surface area contributed by atoms with Gasteiger partial charge in [0.1, 0.15) is 4.88 Å². The van der Waals surface area contributed by atoms with Crippen molar-refractivity contribution in [2.75, 3.05) is 6.61 Å². The molecule has 5 heteroatoms. The number of hydrogen-bond acceptors (Lipinski definition) is 4. The number of fused-ring (bicyclic) bond motifs is 1. The molecule has 2 aromatic rings. The maximum Gasteiger partial charge on any atom is 0.348 e. The third kappa shape index (κ3) is 1.94. The van der Waals surface area contributed by atoms with Crippen LogP contribution >= 0.6 is 45.3 Å². The second kappa shape index (κ2) is 4.16. The van der Waals surface area contributed by atoms with Crippen molar-refractivity contribution >= 4 is 60.6 Å². The van der Waals surface area contributed by atoms with Crippen molar-refractivity contribution < 1.29 is 9.53 Å². The van der Waals surface area contributed by atoms with Gasteiger partial charge >= 0.3 is 5.97 Å². The second-order valence-electron chi connectivity index (χ2n) is 2.62. The van der Waals surface area contributed by atoms with E-state index < -0.39 is 0 Å². The number of halogens is 1. The molecule has 0 saturated heterocycles. The normalized spacial score (nSPS) is 10.7. The van der Waals surface area contributed by atoms with E-state index in [4.69, 9.17) is 4.74 Å². The Morgan fingerprint density at radius 3 is 2.93 bits per heavy atom. The Morgan fingerprint density at radius 2 is 2.29 bits per heavy atom. The fourth-order valence-corrected chi connectivity index (χ4v) is 4.62. The Morgan fingerprint density at radius 1 is 1.50 bits per heavy atom. The summed E-state index contributed by atoms with van der Waals surface area (Å²) in [4.78, 5) is 12.1. The first-order chi connectivity index (χ1) is 6.70. The van der Waals surface area contributed by atoms with Gasteiger partial charge in [-0.2, -0.15) is 0 Å². The summed E-state index contributed by atoms with van der Waals surface area (Å²) in [6.07, 6.45) is 0. The van der Waals surface area contributed by atoms with Crippen molar-refractivity contribution in [3.05, 3.63) is 19.9 Å². The largest absolute Gasteiger partial charge is 0.462 e. The summed E-state index contributed by atoms with van der Waals surface area (Å²) in [6.45, 7) is 2.25. The van der Waals surface area contributed by atoms with E-state index in [-0.39, 0.29) is 5.97 Å². The summed E-state index contributed by atoms with van der Waals surface area (Å²) < 4.78 is 7.37. The highest BCUT2D eigenvalue weighted by atomic mass is 127. The molecule has 0 bridgehead atoms. The second-order valence-corrected chi connectivity index (χ2v) is 6.88. The van der Waals surface area contributed by atoms with E-state index in [1.165, 1.54) is 18.2 Å². The van der Waals surface area contributed by atoms with Crippen LogP contribution in [0.1, 0.15) is 16.6 Å². The molecule has 0 fully saturated rings. The van der Waals surface area contributed by atoms with Gasteiger partial charge in [0.2, 0.25) is 0 Å². The molecule has 14 heavy (non-hydrogen) atoms. The Hall–Kier alpha value is -0.140. The van der Waals surface area contributed by atoms with E-state index in [1.807, 2.05) is 13.0 Å². The smallest absolute Gasteiger partial charge is 0.348 e. The summed E-state index contributed by atoms with van der Waals surface area (Å²) in [5.41, 5.74) is 0. The van der Waals surface area contributed by atoms with Crippen LogP contribution in [0.3, 0.4) is 0 Å². The molecule has 0 aliphatic rings. The van der Waals surface area contributed by atoms with Crippen molar-refractivity contribution in [2.45, 2.75) is 6.92 Å². The zero-order valence-corrected chi connectivity index (χ0v) is 11.2. The van der Waals surface area contributed by atoms with Crippen LogP contribution in [0.15, 0.2) is 12.1 Å². The maximum absolute atomic E-state index is 11.4. The summed E-state index contributed by atoms with van der Waals surface area (Å²) in [6, 6.07) is 3.98. The topological polar surface area (TPSA) is 26.3 Å². The molecular formula is C9H7IO2S2. The average molecular weight is 338 g/mol. The third-order valence-corrected chi connectivity index (χ3v) is 4.79. The highest BCUT2D eigenvalue weighted by Gasteiger charge is 2.12. The summed E-state index contributed by atoms with van der Waals surface area (Å²) >= 11 is 5.50. The molecule has 0 spiro atoms. The number of rotatable bonds is 2. The lowest BCUT2D eigenvalue weighted by Gasteiger charge is -1.95. The van der Waals surface area contributed by atoms with Gasteiger partial charge in [-0.05, 0) is 41.6 Å². The Bertz CT molecular complexity index is 441. The van der Waals surface area contributed by atoms with Crippen molar-refractivity contribution in [1.82, 2.24) is 0 Å². The number of carbonyl (C=O) groups excluding carboxylic acids is 1. The van der Waals surface area contributed by atoms with Crippen LogP contribution in [0.25, 0.3) is 9.40 Å². The Kier molecular flexibility index (Phi) is 3.08. The zero-order chi connectivity index (χ0) is 10.1. The first-order valence-electron chi connectivity index (χ1n) is 4.06. The van der Waals surface area contributed by atoms with Crippen molar-refractivity contribution in [3.63, 3.8) is 0 Å². The molecule has 2 heterocycles. The molecule has 74 valence electrons. The maximum atomic E-state index is 11.4. The number of thiophene rings is 2. The lowest BCUT2D eigenvalue weighted by Crippen LogP contribution is -2.01. The van der Waals surface area contributed by atoms with Gasteiger partial charge in [0, 0.05) is 5.39 Å². The Balaban J connectivity index is 2.36. The summed E-state index contributed by atoms with van der Waals surface area (Å²) in [5, 5.41) is 1.15. The van der Waals surface area contributed by atoms with Gasteiger partial charge in [-0.15, -0.1) is 22.7 Å². The molecular weight excluding hydrogens is 331 g/mol. The summed E-state index contributed by atoms with van der Waals surface area (Å²) in [5.74, 6) is -0.212. The lowest BCUT2D eigenvalue weighted by molar-refractivity contribution is 0.0532. The standard InChI is InChI=1S/C9H7IO2S2/c1-2-12-8(11)6-3-5-4-7(10)14-9(5)13-6/h3-4H,2H2,1H3. The number of hydrogen-bond donors (Lipinski definition) is 0. The fourth-order valence-electron chi connectivity index (χ4n) is 1.11. The molecule has 0 aliphatic heterocycles. The SMILES string of the molecule is CCOC(=O)c1cc2cc(I)sc2s1. The number of ether oxygens (including phenoxy) is 1. The zero-order valence-electron chi connectivity index (χ0n) is 7.37. The predicted molar refractivity (Wildman–Crippen MR) is 68.4 cm³/mol. The molecule has 0 saturated carbocycles. The minimum atomic E-state index is -0.212. The number of esters is 1. The molecule has 0 aromatic carbocycles. The van der Waals surface area contributed by atoms with Crippen molar-refractivity contribution in [1.29, 1.82) is 0 Å². The van der Waals surface area contributed by atoms with Crippen LogP contribution in [-0.2, 0) is 4.74 Å². The van der Waals surface area contributed by atoms with Crippen LogP contribution in [0, 0.1) is 2.88 Å². The van der Waals surface area contributed by atoms with E-state index in [2.05, 4.69) is 28.7 Å². The van der Waals surface area contributed by atoms with E-state index >= 15 is 0 Å². The van der Waals surface area contributed by atoms with Crippen LogP contribution in [0.4, 0.5) is 0 Å². The van der Waals surface area contributed by atoms with Gasteiger partial charge < -0.3 is 4.74 Å². The molecule has 0 unspecified atom stereocenters. The molecule has 2 aromatic heterocycles. The minimum Gasteiger partial charge on any atom is -0.462 e. The van der Waals surface area contributed by atoms with Gasteiger partial charge in [-0.3, -0.25) is 0 Å². The Labute approximate surface area is 103 Å². The van der Waals surface area contributed by atoms with Gasteiger partial charge in [0.05, 0.1) is 13.5 Å². The predicted octanol–water partition coefficient (Wildman–Crippen LogP) is 3.74. The minimum absolute atomic E-state index is 0.212. The van der Waals surface area contributed by atoms with Crippen LogP contribution in [0.5, 0.6) is 0 Å². The average Bonchev–Trinajstić information content (AvgIpc) is 2.61. The van der Waals surface area contributed by atoms with Gasteiger partial charge in [0.15, 0.2) is 0 Å². The van der Waals surface area contributed by atoms with Crippen molar-refractivity contribution in [2.24, 2.45) is 0 Å². The van der Waals surface area contributed by atoms with E-state index in [0.29, 0.717) is 11.5 Å². The van der Waals surface area contributed by atoms with E-state index in [0.717, 1.165) is 5.39 Å². The molecule has 0 N–H and O–H groups in total. The third-order valence-electron chi connectivity index (χ3n) is 1.66. The van der Waals surface area contributed by atoms with E-state index in [1.54, 1.807) is 11.3 Å². The highest BCUT2D eigenvalue weighted by molar-refractivity contribution is 14.1. The van der Waals surface area contributed by atoms with Crippen LogP contribution in [0.2, 0.25) is 0 Å². The van der Waals surface area contributed by atoms with Crippen molar-refractivity contribution in [3.8, 4) is 0 Å². The molecule has 0 amide bonds. The van der Waals surface area contributed by atoms with Gasteiger partial charge in [-0.25, -0.2) is 4.79 Å². The highest BCUT2D eigenvalue weighted by Crippen LogP contribution is 2.34. The number of carbonyl (C=O) groups is 1. The molecule has 0 aliphatic carbocycles. The van der Waals surface area contributed by atoms with E-state index in [9.17, 15) is 4.79 Å². The first-order valence-corrected chi connectivity index (χ1v) is 6.78. The molecule has 0 radical (unpaired) electrons. The fraction of sp³-hybridized carbons (Fsp3) is 0.222.